The highest BCUT2D eigenvalue weighted by molar-refractivity contribution is 5.93. The second kappa shape index (κ2) is 12.3. The van der Waals surface area contributed by atoms with E-state index in [0.717, 1.165) is 0 Å². The normalized spacial score (nSPS) is 14.5. The summed E-state index contributed by atoms with van der Waals surface area (Å²) in [4.78, 5) is 48.4. The van der Waals surface area contributed by atoms with Crippen molar-refractivity contribution in [1.29, 1.82) is 0 Å². The van der Waals surface area contributed by atoms with Gasteiger partial charge in [0, 0.05) is 0 Å². The summed E-state index contributed by atoms with van der Waals surface area (Å²) in [5.41, 5.74) is 5.31. The lowest BCUT2D eigenvalue weighted by Gasteiger charge is -2.27. The van der Waals surface area contributed by atoms with Crippen LogP contribution in [0.15, 0.2) is 0 Å². The minimum absolute atomic E-state index is 0.0839. The Labute approximate surface area is 167 Å². The highest BCUT2D eigenvalue weighted by atomic mass is 16.4. The monoisotopic (exact) mass is 400 g/mol. The first kappa shape index (κ1) is 25.8. The molecule has 0 radical (unpaired) electrons. The van der Waals surface area contributed by atoms with E-state index in [9.17, 15) is 24.3 Å². The third-order valence-corrected chi connectivity index (χ3v) is 4.11. The van der Waals surface area contributed by atoms with E-state index in [-0.39, 0.29) is 24.3 Å². The smallest absolute Gasteiger partial charge is 0.326 e. The molecule has 3 amide bonds. The minimum Gasteiger partial charge on any atom is -0.480 e. The molecule has 0 saturated carbocycles. The van der Waals surface area contributed by atoms with Crippen LogP contribution in [0.1, 0.15) is 54.4 Å². The summed E-state index contributed by atoms with van der Waals surface area (Å²) in [6.45, 7) is 10.7. The lowest BCUT2D eigenvalue weighted by molar-refractivity contribution is -0.143. The summed E-state index contributed by atoms with van der Waals surface area (Å²) in [5.74, 6) is -2.75. The van der Waals surface area contributed by atoms with Crippen LogP contribution < -0.4 is 21.7 Å². The molecule has 0 spiro atoms. The van der Waals surface area contributed by atoms with Crippen molar-refractivity contribution in [3.8, 4) is 0 Å². The number of carboxylic acids is 1. The maximum atomic E-state index is 12.7. The van der Waals surface area contributed by atoms with Crippen LogP contribution in [0, 0.1) is 17.8 Å². The Morgan fingerprint density at radius 2 is 1.21 bits per heavy atom. The molecule has 3 unspecified atom stereocenters. The van der Waals surface area contributed by atoms with Gasteiger partial charge < -0.3 is 26.8 Å². The van der Waals surface area contributed by atoms with Gasteiger partial charge in [0.25, 0.3) is 0 Å². The zero-order valence-corrected chi connectivity index (χ0v) is 17.7. The Morgan fingerprint density at radius 3 is 1.57 bits per heavy atom. The number of carbonyl (C=O) groups is 4. The molecule has 3 atom stereocenters. The fourth-order valence-corrected chi connectivity index (χ4v) is 2.70. The third-order valence-electron chi connectivity index (χ3n) is 4.11. The van der Waals surface area contributed by atoms with Gasteiger partial charge in [0.2, 0.25) is 17.7 Å². The van der Waals surface area contributed by atoms with Gasteiger partial charge in [-0.15, -0.1) is 0 Å². The molecule has 0 rings (SSSR count). The Hall–Kier alpha value is -2.16. The highest BCUT2D eigenvalue weighted by Crippen LogP contribution is 2.10. The van der Waals surface area contributed by atoms with Gasteiger partial charge in [0.15, 0.2) is 0 Å². The van der Waals surface area contributed by atoms with Crippen LogP contribution in [0.3, 0.4) is 0 Å². The zero-order chi connectivity index (χ0) is 22.0. The summed E-state index contributed by atoms with van der Waals surface area (Å²) in [6, 6.07) is -2.78. The molecule has 0 aromatic heterocycles. The molecule has 0 aliphatic heterocycles. The quantitative estimate of drug-likeness (QED) is 0.316. The topological polar surface area (TPSA) is 151 Å². The van der Waals surface area contributed by atoms with Crippen molar-refractivity contribution < 1.29 is 24.3 Å². The van der Waals surface area contributed by atoms with Crippen molar-refractivity contribution in [3.63, 3.8) is 0 Å². The van der Waals surface area contributed by atoms with Crippen molar-refractivity contribution in [2.45, 2.75) is 72.5 Å². The van der Waals surface area contributed by atoms with Crippen LogP contribution in [0.4, 0.5) is 0 Å². The first-order chi connectivity index (χ1) is 12.9. The van der Waals surface area contributed by atoms with Gasteiger partial charge >= 0.3 is 5.97 Å². The molecule has 0 aliphatic carbocycles. The summed E-state index contributed by atoms with van der Waals surface area (Å²) < 4.78 is 0. The number of rotatable bonds is 12. The molecule has 162 valence electrons. The SMILES string of the molecule is CC(C)CC(NC(=O)CN)C(=O)NC(CC(C)C)C(=O)NC(C(=O)O)C(C)C. The van der Waals surface area contributed by atoms with Crippen LogP contribution in [0.2, 0.25) is 0 Å². The number of aliphatic carboxylic acids is 1. The number of hydrogen-bond donors (Lipinski definition) is 5. The largest absolute Gasteiger partial charge is 0.480 e. The van der Waals surface area contributed by atoms with Gasteiger partial charge in [-0.05, 0) is 30.6 Å². The van der Waals surface area contributed by atoms with Crippen LogP contribution in [0.5, 0.6) is 0 Å². The van der Waals surface area contributed by atoms with Crippen molar-refractivity contribution in [3.05, 3.63) is 0 Å². The third kappa shape index (κ3) is 9.68. The first-order valence-electron chi connectivity index (χ1n) is 9.71. The molecule has 6 N–H and O–H groups in total. The second-order valence-corrected chi connectivity index (χ2v) is 8.21. The molecule has 0 aliphatic rings. The minimum atomic E-state index is -1.13. The molecule has 0 aromatic carbocycles. The summed E-state index contributed by atoms with van der Waals surface area (Å²) in [6.07, 6.45) is 0.721. The number of amides is 3. The molecule has 0 heterocycles. The van der Waals surface area contributed by atoms with Crippen LogP contribution in [-0.2, 0) is 19.2 Å². The van der Waals surface area contributed by atoms with Crippen LogP contribution in [-0.4, -0.2) is 53.5 Å². The van der Waals surface area contributed by atoms with E-state index in [1.54, 1.807) is 13.8 Å². The van der Waals surface area contributed by atoms with E-state index in [4.69, 9.17) is 5.73 Å². The second-order valence-electron chi connectivity index (χ2n) is 8.21. The molecule has 0 fully saturated rings. The maximum absolute atomic E-state index is 12.7. The fourth-order valence-electron chi connectivity index (χ4n) is 2.70. The number of carbonyl (C=O) groups excluding carboxylic acids is 3. The first-order valence-corrected chi connectivity index (χ1v) is 9.71. The van der Waals surface area contributed by atoms with Gasteiger partial charge in [-0.1, -0.05) is 41.5 Å². The summed E-state index contributed by atoms with van der Waals surface area (Å²) >= 11 is 0. The molecule has 9 nitrogen and oxygen atoms in total. The lowest BCUT2D eigenvalue weighted by atomic mass is 9.99. The predicted molar refractivity (Wildman–Crippen MR) is 106 cm³/mol. The van der Waals surface area contributed by atoms with Crippen molar-refractivity contribution in [2.24, 2.45) is 23.5 Å². The number of hydrogen-bond acceptors (Lipinski definition) is 5. The Balaban J connectivity index is 5.36. The highest BCUT2D eigenvalue weighted by Gasteiger charge is 2.31. The van der Waals surface area contributed by atoms with E-state index in [1.807, 2.05) is 27.7 Å². The molecule has 0 saturated heterocycles. The van der Waals surface area contributed by atoms with Crippen molar-refractivity contribution in [2.75, 3.05) is 6.54 Å². The van der Waals surface area contributed by atoms with E-state index in [0.29, 0.717) is 12.8 Å². The molecular weight excluding hydrogens is 364 g/mol. The summed E-state index contributed by atoms with van der Waals surface area (Å²) in [5, 5.41) is 17.0. The molecular formula is C19H36N4O5. The standard InChI is InChI=1S/C19H36N4O5/c1-10(2)7-13(21-15(24)9-20)17(25)22-14(8-11(3)4)18(26)23-16(12(5)6)19(27)28/h10-14,16H,7-9,20H2,1-6H3,(H,21,24)(H,22,25)(H,23,26)(H,27,28). The van der Waals surface area contributed by atoms with E-state index >= 15 is 0 Å². The fraction of sp³-hybridized carbons (Fsp3) is 0.789. The van der Waals surface area contributed by atoms with E-state index in [2.05, 4.69) is 16.0 Å². The molecule has 9 heteroatoms. The number of carboxylic acid groups (broad SMARTS) is 1. The number of nitrogens with two attached hydrogens (primary N) is 1. The van der Waals surface area contributed by atoms with Gasteiger partial charge in [0.05, 0.1) is 6.54 Å². The maximum Gasteiger partial charge on any atom is 0.326 e. The Kier molecular flexibility index (Phi) is 11.4. The van der Waals surface area contributed by atoms with Gasteiger partial charge in [-0.25, -0.2) is 4.79 Å². The van der Waals surface area contributed by atoms with Gasteiger partial charge in [-0.2, -0.15) is 0 Å². The average molecular weight is 401 g/mol. The Bertz CT molecular complexity index is 548. The van der Waals surface area contributed by atoms with Crippen molar-refractivity contribution in [1.82, 2.24) is 16.0 Å². The molecule has 28 heavy (non-hydrogen) atoms. The van der Waals surface area contributed by atoms with E-state index in [1.165, 1.54) is 0 Å². The molecule has 0 bridgehead atoms. The van der Waals surface area contributed by atoms with Crippen LogP contribution >= 0.6 is 0 Å². The summed E-state index contributed by atoms with van der Waals surface area (Å²) in [7, 11) is 0. The average Bonchev–Trinajstić information content (AvgIpc) is 2.56. The zero-order valence-electron chi connectivity index (χ0n) is 17.7. The lowest BCUT2D eigenvalue weighted by Crippen LogP contribution is -2.57. The number of nitrogens with one attached hydrogen (secondary N) is 3. The van der Waals surface area contributed by atoms with Gasteiger partial charge in [-0.3, -0.25) is 14.4 Å². The Morgan fingerprint density at radius 1 is 0.786 bits per heavy atom. The van der Waals surface area contributed by atoms with Crippen LogP contribution in [0.25, 0.3) is 0 Å². The van der Waals surface area contributed by atoms with Crippen molar-refractivity contribution >= 4 is 23.7 Å². The van der Waals surface area contributed by atoms with E-state index < -0.39 is 41.8 Å². The predicted octanol–water partition coefficient (Wildman–Crippen LogP) is 0.232. The molecule has 0 aromatic rings. The van der Waals surface area contributed by atoms with Gasteiger partial charge in [0.1, 0.15) is 18.1 Å².